The number of hydrogen-bond acceptors (Lipinski definition) is 3. The van der Waals surface area contributed by atoms with Gasteiger partial charge in [0.25, 0.3) is 0 Å². The number of imide groups is 1. The molecule has 2 atom stereocenters. The first-order valence-electron chi connectivity index (χ1n) is 7.68. The summed E-state index contributed by atoms with van der Waals surface area (Å²) in [4.78, 5) is 25.3. The van der Waals surface area contributed by atoms with Gasteiger partial charge in [-0.1, -0.05) is 20.3 Å². The van der Waals surface area contributed by atoms with Crippen molar-refractivity contribution in [3.8, 4) is 0 Å². The minimum Gasteiger partial charge on any atom is -0.314 e. The third-order valence-electron chi connectivity index (χ3n) is 4.50. The van der Waals surface area contributed by atoms with Crippen LogP contribution in [0.5, 0.6) is 0 Å². The largest absolute Gasteiger partial charge is 0.314 e. The van der Waals surface area contributed by atoms with Crippen molar-refractivity contribution in [2.75, 3.05) is 13.1 Å². The molecule has 1 aliphatic carbocycles. The molecule has 2 rings (SSSR count). The van der Waals surface area contributed by atoms with E-state index in [4.69, 9.17) is 0 Å². The Morgan fingerprint density at radius 2 is 1.89 bits per heavy atom. The molecule has 2 unspecified atom stereocenters. The number of carbonyl (C=O) groups excluding carboxylic acids is 2. The quantitative estimate of drug-likeness (QED) is 0.774. The van der Waals surface area contributed by atoms with Crippen LogP contribution in [0, 0.1) is 11.8 Å². The van der Waals surface area contributed by atoms with Crippen molar-refractivity contribution < 1.29 is 9.59 Å². The lowest BCUT2D eigenvalue weighted by Crippen LogP contribution is -2.44. The summed E-state index contributed by atoms with van der Waals surface area (Å²) in [5, 5.41) is 3.52. The van der Waals surface area contributed by atoms with Gasteiger partial charge in [0.15, 0.2) is 0 Å². The van der Waals surface area contributed by atoms with Crippen LogP contribution in [0.25, 0.3) is 0 Å². The molecule has 0 aromatic heterocycles. The summed E-state index contributed by atoms with van der Waals surface area (Å²) in [6.45, 7) is 5.73. The highest BCUT2D eigenvalue weighted by molar-refractivity contribution is 5.97. The number of nitrogens with one attached hydrogen (secondary N) is 1. The van der Waals surface area contributed by atoms with Crippen LogP contribution in [0.3, 0.4) is 0 Å². The van der Waals surface area contributed by atoms with E-state index in [1.807, 2.05) is 6.92 Å². The van der Waals surface area contributed by atoms with E-state index in [0.717, 1.165) is 13.0 Å². The zero-order valence-corrected chi connectivity index (χ0v) is 12.2. The van der Waals surface area contributed by atoms with E-state index in [1.54, 1.807) is 0 Å². The first-order valence-corrected chi connectivity index (χ1v) is 7.68. The van der Waals surface area contributed by atoms with E-state index in [0.29, 0.717) is 31.3 Å². The number of carbonyl (C=O) groups is 2. The second kappa shape index (κ2) is 6.51. The van der Waals surface area contributed by atoms with Gasteiger partial charge in [-0.05, 0) is 37.6 Å². The van der Waals surface area contributed by atoms with Crippen molar-refractivity contribution in [1.82, 2.24) is 10.2 Å². The first kappa shape index (κ1) is 14.5. The fourth-order valence-corrected chi connectivity index (χ4v) is 3.49. The summed E-state index contributed by atoms with van der Waals surface area (Å²) in [6, 6.07) is 0.582. The molecule has 2 fully saturated rings. The number of likely N-dealkylation sites (tertiary alicyclic amines) is 1. The lowest BCUT2D eigenvalue weighted by Gasteiger charge is -2.30. The summed E-state index contributed by atoms with van der Waals surface area (Å²) >= 11 is 0. The highest BCUT2D eigenvalue weighted by Crippen LogP contribution is 2.29. The predicted octanol–water partition coefficient (Wildman–Crippen LogP) is 1.94. The lowest BCUT2D eigenvalue weighted by molar-refractivity contribution is -0.149. The van der Waals surface area contributed by atoms with Gasteiger partial charge < -0.3 is 5.32 Å². The number of nitrogens with zero attached hydrogens (tertiary/aromatic N) is 1. The Morgan fingerprint density at radius 3 is 2.53 bits per heavy atom. The summed E-state index contributed by atoms with van der Waals surface area (Å²) in [6.07, 6.45) is 5.76. The van der Waals surface area contributed by atoms with Crippen molar-refractivity contribution in [3.05, 3.63) is 0 Å². The van der Waals surface area contributed by atoms with Gasteiger partial charge in [0, 0.05) is 25.4 Å². The molecular formula is C15H26N2O2. The molecule has 1 saturated carbocycles. The Hall–Kier alpha value is -0.900. The molecule has 2 aliphatic rings. The molecule has 4 nitrogen and oxygen atoms in total. The monoisotopic (exact) mass is 266 g/mol. The second-order valence-corrected chi connectivity index (χ2v) is 6.10. The molecule has 1 heterocycles. The van der Waals surface area contributed by atoms with E-state index in [1.165, 1.54) is 24.2 Å². The summed E-state index contributed by atoms with van der Waals surface area (Å²) in [7, 11) is 0. The molecule has 1 aliphatic heterocycles. The third kappa shape index (κ3) is 3.56. The Morgan fingerprint density at radius 1 is 1.21 bits per heavy atom. The molecule has 108 valence electrons. The van der Waals surface area contributed by atoms with E-state index in [9.17, 15) is 9.59 Å². The minimum absolute atomic E-state index is 0.0294. The zero-order valence-electron chi connectivity index (χ0n) is 12.2. The highest BCUT2D eigenvalue weighted by Gasteiger charge is 2.32. The average Bonchev–Trinajstić information content (AvgIpc) is 2.76. The molecule has 0 aromatic rings. The topological polar surface area (TPSA) is 49.4 Å². The number of hydrogen-bond donors (Lipinski definition) is 1. The maximum atomic E-state index is 11.9. The molecular weight excluding hydrogens is 240 g/mol. The Balaban J connectivity index is 1.84. The maximum absolute atomic E-state index is 11.9. The van der Waals surface area contributed by atoms with Crippen molar-refractivity contribution in [2.45, 2.75) is 58.4 Å². The van der Waals surface area contributed by atoms with E-state index >= 15 is 0 Å². The fraction of sp³-hybridized carbons (Fsp3) is 0.867. The summed E-state index contributed by atoms with van der Waals surface area (Å²) in [5.41, 5.74) is 0. The van der Waals surface area contributed by atoms with Crippen LogP contribution in [0.15, 0.2) is 0 Å². The third-order valence-corrected chi connectivity index (χ3v) is 4.50. The SMILES string of the molecule is CCNC1CCCC1CCN1C(=O)CC(C)CC1=O. The van der Waals surface area contributed by atoms with Crippen LogP contribution < -0.4 is 5.32 Å². The molecule has 4 heteroatoms. The van der Waals surface area contributed by atoms with Gasteiger partial charge in [0.2, 0.25) is 11.8 Å². The van der Waals surface area contributed by atoms with Crippen LogP contribution in [0.1, 0.15) is 52.4 Å². The van der Waals surface area contributed by atoms with Crippen LogP contribution in [0.2, 0.25) is 0 Å². The van der Waals surface area contributed by atoms with Crippen LogP contribution in [0.4, 0.5) is 0 Å². The smallest absolute Gasteiger partial charge is 0.229 e. The van der Waals surface area contributed by atoms with Crippen molar-refractivity contribution in [3.63, 3.8) is 0 Å². The molecule has 1 saturated heterocycles. The maximum Gasteiger partial charge on any atom is 0.229 e. The summed E-state index contributed by atoms with van der Waals surface area (Å²) < 4.78 is 0. The number of piperidine rings is 1. The Labute approximate surface area is 115 Å². The zero-order chi connectivity index (χ0) is 13.8. The molecule has 1 N–H and O–H groups in total. The van der Waals surface area contributed by atoms with Gasteiger partial charge in [0.05, 0.1) is 0 Å². The fourth-order valence-electron chi connectivity index (χ4n) is 3.49. The molecule has 0 radical (unpaired) electrons. The van der Waals surface area contributed by atoms with Gasteiger partial charge in [0.1, 0.15) is 0 Å². The van der Waals surface area contributed by atoms with E-state index < -0.39 is 0 Å². The van der Waals surface area contributed by atoms with Crippen LogP contribution in [-0.4, -0.2) is 35.8 Å². The normalized spacial score (nSPS) is 29.3. The number of amides is 2. The summed E-state index contributed by atoms with van der Waals surface area (Å²) in [5.74, 6) is 0.903. The molecule has 0 aromatic carbocycles. The van der Waals surface area contributed by atoms with E-state index in [2.05, 4.69) is 12.2 Å². The van der Waals surface area contributed by atoms with Gasteiger partial charge in [-0.15, -0.1) is 0 Å². The lowest BCUT2D eigenvalue weighted by atomic mass is 9.95. The molecule has 0 bridgehead atoms. The predicted molar refractivity (Wildman–Crippen MR) is 74.5 cm³/mol. The first-order chi connectivity index (χ1) is 9.11. The molecule has 2 amide bonds. The standard InChI is InChI=1S/C15H26N2O2/c1-3-16-13-6-4-5-12(13)7-8-17-14(18)9-11(2)10-15(17)19/h11-13,16H,3-10H2,1-2H3. The minimum atomic E-state index is 0.0294. The van der Waals surface area contributed by atoms with Crippen LogP contribution >= 0.6 is 0 Å². The van der Waals surface area contributed by atoms with Crippen molar-refractivity contribution in [1.29, 1.82) is 0 Å². The Bertz CT molecular complexity index is 325. The second-order valence-electron chi connectivity index (χ2n) is 6.10. The van der Waals surface area contributed by atoms with Crippen molar-refractivity contribution >= 4 is 11.8 Å². The van der Waals surface area contributed by atoms with E-state index in [-0.39, 0.29) is 17.7 Å². The molecule has 19 heavy (non-hydrogen) atoms. The van der Waals surface area contributed by atoms with Gasteiger partial charge in [-0.25, -0.2) is 0 Å². The van der Waals surface area contributed by atoms with Gasteiger partial charge >= 0.3 is 0 Å². The average molecular weight is 266 g/mol. The highest BCUT2D eigenvalue weighted by atomic mass is 16.2. The van der Waals surface area contributed by atoms with Gasteiger partial charge in [-0.2, -0.15) is 0 Å². The van der Waals surface area contributed by atoms with Crippen LogP contribution in [-0.2, 0) is 9.59 Å². The molecule has 0 spiro atoms. The van der Waals surface area contributed by atoms with Crippen molar-refractivity contribution in [2.24, 2.45) is 11.8 Å². The van der Waals surface area contributed by atoms with Gasteiger partial charge in [-0.3, -0.25) is 14.5 Å². The number of rotatable bonds is 5. The Kier molecular flexibility index (Phi) is 4.97.